The van der Waals surface area contributed by atoms with Crippen LogP contribution in [0, 0.1) is 6.92 Å². The first kappa shape index (κ1) is 22.9. The molecule has 1 saturated heterocycles. The number of amides is 1. The molecule has 1 aromatic carbocycles. The molecule has 0 saturated carbocycles. The van der Waals surface area contributed by atoms with Gasteiger partial charge in [-0.3, -0.25) is 4.79 Å². The fourth-order valence-corrected chi connectivity index (χ4v) is 6.22. The highest BCUT2D eigenvalue weighted by Crippen LogP contribution is 2.42. The summed E-state index contributed by atoms with van der Waals surface area (Å²) in [4.78, 5) is 27.8. The number of imidazole rings is 1. The third-order valence-electron chi connectivity index (χ3n) is 7.00. The molecule has 1 amide bonds. The third-order valence-corrected chi connectivity index (χ3v) is 8.05. The molecule has 4 aromatic rings. The molecule has 6 rings (SSSR count). The van der Waals surface area contributed by atoms with Crippen LogP contribution in [0.25, 0.3) is 22.5 Å². The Hall–Kier alpha value is -3.53. The van der Waals surface area contributed by atoms with Gasteiger partial charge in [-0.1, -0.05) is 11.8 Å². The van der Waals surface area contributed by atoms with Crippen molar-refractivity contribution in [3.8, 4) is 17.1 Å². The smallest absolute Gasteiger partial charge is 0.209 e. The van der Waals surface area contributed by atoms with E-state index in [-0.39, 0.29) is 0 Å². The van der Waals surface area contributed by atoms with Crippen molar-refractivity contribution in [3.05, 3.63) is 41.9 Å². The molecule has 1 fully saturated rings. The van der Waals surface area contributed by atoms with Crippen LogP contribution in [0.4, 0.5) is 5.82 Å². The van der Waals surface area contributed by atoms with E-state index in [9.17, 15) is 4.79 Å². The summed E-state index contributed by atoms with van der Waals surface area (Å²) in [5.41, 5.74) is 9.70. The number of likely N-dealkylation sites (tertiary alicyclic amines) is 1. The molecule has 0 bridgehead atoms. The van der Waals surface area contributed by atoms with Gasteiger partial charge in [0.15, 0.2) is 22.1 Å². The lowest BCUT2D eigenvalue weighted by atomic mass is 10.1. The summed E-state index contributed by atoms with van der Waals surface area (Å²) in [5.74, 6) is 2.95. The van der Waals surface area contributed by atoms with E-state index < -0.39 is 0 Å². The van der Waals surface area contributed by atoms with E-state index in [1.807, 2.05) is 24.0 Å². The van der Waals surface area contributed by atoms with Gasteiger partial charge in [0.05, 0.1) is 6.61 Å². The zero-order valence-electron chi connectivity index (χ0n) is 20.1. The lowest BCUT2D eigenvalue weighted by Crippen LogP contribution is -2.27. The maximum atomic E-state index is 11.4. The van der Waals surface area contributed by atoms with Gasteiger partial charge in [0, 0.05) is 36.0 Å². The largest absolute Gasteiger partial charge is 0.493 e. The van der Waals surface area contributed by atoms with E-state index >= 15 is 0 Å². The minimum absolute atomic E-state index is 0.302. The lowest BCUT2D eigenvalue weighted by molar-refractivity contribution is -0.118. The van der Waals surface area contributed by atoms with Gasteiger partial charge in [0.1, 0.15) is 23.6 Å². The standard InChI is InChI=1S/C26H28N6O3S/c1-16-6-7-20(35-16)19-12-17-8-11-34-21(17)13-22(19)36-26-30-23-24(27)28-14-29-25(23)32(26)10-3-5-18-4-2-9-31(18)15-33/h6-7,12-15,18H,2-5,8-11H2,1H3,(H2,27,28,29). The number of aryl methyl sites for hydroxylation is 2. The number of fused-ring (bicyclic) bond motifs is 2. The van der Waals surface area contributed by atoms with Crippen LogP contribution < -0.4 is 10.5 Å². The van der Waals surface area contributed by atoms with Crippen molar-refractivity contribution in [1.82, 2.24) is 24.4 Å². The molecule has 0 aliphatic carbocycles. The van der Waals surface area contributed by atoms with Crippen molar-refractivity contribution >= 4 is 35.2 Å². The Balaban J connectivity index is 1.35. The van der Waals surface area contributed by atoms with Crippen LogP contribution >= 0.6 is 11.8 Å². The average Bonchev–Trinajstić information content (AvgIpc) is 3.66. The van der Waals surface area contributed by atoms with Crippen LogP contribution in [0.2, 0.25) is 0 Å². The molecule has 3 aromatic heterocycles. The van der Waals surface area contributed by atoms with E-state index in [0.717, 1.165) is 90.1 Å². The number of furan rings is 1. The molecule has 2 N–H and O–H groups in total. The zero-order valence-corrected chi connectivity index (χ0v) is 21.0. The number of benzene rings is 1. The zero-order chi connectivity index (χ0) is 24.6. The Morgan fingerprint density at radius 3 is 3.03 bits per heavy atom. The van der Waals surface area contributed by atoms with Crippen LogP contribution in [0.15, 0.2) is 45.1 Å². The van der Waals surface area contributed by atoms with Crippen molar-refractivity contribution in [2.24, 2.45) is 0 Å². The summed E-state index contributed by atoms with van der Waals surface area (Å²) < 4.78 is 14.0. The number of nitrogens with two attached hydrogens (primary N) is 1. The minimum atomic E-state index is 0.302. The van der Waals surface area contributed by atoms with Crippen molar-refractivity contribution in [1.29, 1.82) is 0 Å². The topological polar surface area (TPSA) is 112 Å². The molecule has 2 aliphatic rings. The highest BCUT2D eigenvalue weighted by Gasteiger charge is 2.24. The number of aromatic nitrogens is 4. The fourth-order valence-electron chi connectivity index (χ4n) is 5.17. The predicted octanol–water partition coefficient (Wildman–Crippen LogP) is 4.46. The first-order valence-electron chi connectivity index (χ1n) is 12.3. The van der Waals surface area contributed by atoms with Crippen LogP contribution in [0.1, 0.15) is 37.0 Å². The summed E-state index contributed by atoms with van der Waals surface area (Å²) in [6, 6.07) is 8.53. The van der Waals surface area contributed by atoms with Crippen molar-refractivity contribution in [2.45, 2.75) is 61.7 Å². The number of nitrogen functional groups attached to an aromatic ring is 1. The molecule has 9 nitrogen and oxygen atoms in total. The van der Waals surface area contributed by atoms with Crippen LogP contribution in [-0.2, 0) is 17.8 Å². The number of carbonyl (C=O) groups is 1. The number of nitrogens with zero attached hydrogens (tertiary/aromatic N) is 5. The molecule has 36 heavy (non-hydrogen) atoms. The third kappa shape index (κ3) is 4.19. The first-order valence-corrected chi connectivity index (χ1v) is 13.1. The normalized spacial score (nSPS) is 17.0. The summed E-state index contributed by atoms with van der Waals surface area (Å²) in [6.07, 6.45) is 7.31. The molecule has 2 aliphatic heterocycles. The molecule has 1 atom stereocenters. The van der Waals surface area contributed by atoms with Crippen molar-refractivity contribution in [2.75, 3.05) is 18.9 Å². The molecule has 0 spiro atoms. The minimum Gasteiger partial charge on any atom is -0.493 e. The Morgan fingerprint density at radius 2 is 2.19 bits per heavy atom. The van der Waals surface area contributed by atoms with Crippen molar-refractivity contribution in [3.63, 3.8) is 0 Å². The second-order valence-electron chi connectivity index (χ2n) is 9.33. The maximum absolute atomic E-state index is 11.4. The molecular weight excluding hydrogens is 476 g/mol. The number of anilines is 1. The number of carbonyl (C=O) groups excluding carboxylic acids is 1. The van der Waals surface area contributed by atoms with E-state index in [2.05, 4.69) is 26.7 Å². The quantitative estimate of drug-likeness (QED) is 0.350. The van der Waals surface area contributed by atoms with Gasteiger partial charge in [-0.05, 0) is 62.4 Å². The molecular formula is C26H28N6O3S. The SMILES string of the molecule is Cc1ccc(-c2cc3c(cc2Sc2nc4c(N)ncnc4n2CCCC2CCCN2C=O)OCC3)o1. The van der Waals surface area contributed by atoms with Gasteiger partial charge in [-0.15, -0.1) is 0 Å². The number of hydrogen-bond donors (Lipinski definition) is 1. The molecule has 1 unspecified atom stereocenters. The lowest BCUT2D eigenvalue weighted by Gasteiger charge is -2.20. The summed E-state index contributed by atoms with van der Waals surface area (Å²) in [7, 11) is 0. The first-order chi connectivity index (χ1) is 17.6. The number of hydrogen-bond acceptors (Lipinski definition) is 8. The molecule has 0 radical (unpaired) electrons. The Kier molecular flexibility index (Phi) is 6.04. The van der Waals surface area contributed by atoms with Gasteiger partial charge < -0.3 is 24.4 Å². The Morgan fingerprint density at radius 1 is 1.28 bits per heavy atom. The van der Waals surface area contributed by atoms with Gasteiger partial charge in [0.25, 0.3) is 0 Å². The van der Waals surface area contributed by atoms with E-state index in [0.29, 0.717) is 24.0 Å². The second kappa shape index (κ2) is 9.50. The van der Waals surface area contributed by atoms with Gasteiger partial charge in [-0.2, -0.15) is 0 Å². The second-order valence-corrected chi connectivity index (χ2v) is 10.3. The summed E-state index contributed by atoms with van der Waals surface area (Å²) in [6.45, 7) is 4.20. The van der Waals surface area contributed by atoms with Crippen molar-refractivity contribution < 1.29 is 13.9 Å². The number of ether oxygens (including phenoxy) is 1. The summed E-state index contributed by atoms with van der Waals surface area (Å²) in [5, 5.41) is 0.790. The monoisotopic (exact) mass is 504 g/mol. The van der Waals surface area contributed by atoms with Crippen LogP contribution in [-0.4, -0.2) is 50.0 Å². The van der Waals surface area contributed by atoms with Gasteiger partial charge in [0.2, 0.25) is 6.41 Å². The van der Waals surface area contributed by atoms with E-state index in [1.165, 1.54) is 11.9 Å². The van der Waals surface area contributed by atoms with E-state index in [4.69, 9.17) is 19.9 Å². The average molecular weight is 505 g/mol. The van der Waals surface area contributed by atoms with Crippen LogP contribution in [0.3, 0.4) is 0 Å². The van der Waals surface area contributed by atoms with Gasteiger partial charge >= 0.3 is 0 Å². The number of rotatable bonds is 8. The molecule has 186 valence electrons. The Labute approximate surface area is 213 Å². The van der Waals surface area contributed by atoms with Gasteiger partial charge in [-0.25, -0.2) is 15.0 Å². The highest BCUT2D eigenvalue weighted by molar-refractivity contribution is 7.99. The fraction of sp³-hybridized carbons (Fsp3) is 0.385. The summed E-state index contributed by atoms with van der Waals surface area (Å²) >= 11 is 1.56. The predicted molar refractivity (Wildman–Crippen MR) is 137 cm³/mol. The molecule has 10 heteroatoms. The maximum Gasteiger partial charge on any atom is 0.209 e. The Bertz CT molecular complexity index is 1430. The highest BCUT2D eigenvalue weighted by atomic mass is 32.2. The van der Waals surface area contributed by atoms with Crippen LogP contribution in [0.5, 0.6) is 5.75 Å². The molecule has 5 heterocycles. The van der Waals surface area contributed by atoms with E-state index in [1.54, 1.807) is 11.8 Å².